The summed E-state index contributed by atoms with van der Waals surface area (Å²) in [5, 5.41) is 18.7. The predicted octanol–water partition coefficient (Wildman–Crippen LogP) is 4.92. The number of benzene rings is 1. The lowest BCUT2D eigenvalue weighted by molar-refractivity contribution is -0.162. The molecular weight excluding hydrogens is 720 g/mol. The minimum atomic E-state index is -1.23. The Balaban J connectivity index is 2.11. The summed E-state index contributed by atoms with van der Waals surface area (Å²) in [7, 11) is 1.49. The van der Waals surface area contributed by atoms with Gasteiger partial charge >= 0.3 is 5.97 Å². The molecule has 0 saturated carbocycles. The molecule has 0 aliphatic carbocycles. The molecule has 2 rings (SSSR count). The highest BCUT2D eigenvalue weighted by atomic mass is 35.5. The SMILES string of the molecule is COc1ccc(C[C@@H](NC(=O)/C=C/C[C@H](O)[C@H](C)/C=C/c2ccncc2)C(=O)NCC(C)(C)C(=O)O[C@@H](CC(C)C)C(=O)SCCNC(C)=O)cc1Cl. The molecule has 4 N–H and O–H groups in total. The number of nitrogens with one attached hydrogen (secondary N) is 3. The largest absolute Gasteiger partial charge is 0.495 e. The molecule has 0 unspecified atom stereocenters. The average molecular weight is 773 g/mol. The van der Waals surface area contributed by atoms with Crippen molar-refractivity contribution in [3.8, 4) is 5.75 Å². The molecular formula is C39H53ClN4O8S. The number of ether oxygens (including phenoxy) is 2. The molecule has 14 heteroatoms. The fraction of sp³-hybridized carbons (Fsp3) is 0.487. The van der Waals surface area contributed by atoms with Gasteiger partial charge in [-0.1, -0.05) is 68.4 Å². The number of carbonyl (C=O) groups excluding carboxylic acids is 5. The fourth-order valence-corrected chi connectivity index (χ4v) is 5.80. The second-order valence-electron chi connectivity index (χ2n) is 13.7. The molecule has 290 valence electrons. The summed E-state index contributed by atoms with van der Waals surface area (Å²) in [4.78, 5) is 68.0. The summed E-state index contributed by atoms with van der Waals surface area (Å²) in [6, 6.07) is 7.67. The van der Waals surface area contributed by atoms with Gasteiger partial charge in [0.15, 0.2) is 6.10 Å². The van der Waals surface area contributed by atoms with Crippen LogP contribution in [0.5, 0.6) is 5.75 Å². The van der Waals surface area contributed by atoms with Gasteiger partial charge in [0, 0.05) is 50.5 Å². The zero-order chi connectivity index (χ0) is 39.6. The van der Waals surface area contributed by atoms with Crippen molar-refractivity contribution in [2.45, 2.75) is 79.1 Å². The van der Waals surface area contributed by atoms with Crippen molar-refractivity contribution in [1.82, 2.24) is 20.9 Å². The third-order valence-electron chi connectivity index (χ3n) is 8.02. The van der Waals surface area contributed by atoms with Gasteiger partial charge in [0.1, 0.15) is 11.8 Å². The summed E-state index contributed by atoms with van der Waals surface area (Å²) in [5.41, 5.74) is 0.366. The molecule has 2 aromatic rings. The Morgan fingerprint density at radius 1 is 1.06 bits per heavy atom. The Kier molecular flexibility index (Phi) is 19.3. The maximum absolute atomic E-state index is 13.6. The molecule has 1 heterocycles. The minimum absolute atomic E-state index is 0.0569. The predicted molar refractivity (Wildman–Crippen MR) is 208 cm³/mol. The van der Waals surface area contributed by atoms with E-state index < -0.39 is 41.4 Å². The summed E-state index contributed by atoms with van der Waals surface area (Å²) < 4.78 is 10.9. The van der Waals surface area contributed by atoms with Crippen LogP contribution in [0.4, 0.5) is 0 Å². The number of carbonyl (C=O) groups is 5. The lowest BCUT2D eigenvalue weighted by Crippen LogP contribution is -2.51. The molecule has 0 aliphatic heterocycles. The van der Waals surface area contributed by atoms with Gasteiger partial charge in [0.25, 0.3) is 0 Å². The molecule has 0 radical (unpaired) electrons. The maximum atomic E-state index is 13.6. The average Bonchev–Trinajstić information content (AvgIpc) is 3.10. The Bertz CT molecular complexity index is 1580. The van der Waals surface area contributed by atoms with Crippen molar-refractivity contribution in [3.63, 3.8) is 0 Å². The van der Waals surface area contributed by atoms with Gasteiger partial charge in [-0.2, -0.15) is 0 Å². The van der Waals surface area contributed by atoms with Crippen LogP contribution in [0, 0.1) is 17.3 Å². The van der Waals surface area contributed by atoms with Crippen molar-refractivity contribution >= 4 is 58.2 Å². The van der Waals surface area contributed by atoms with Crippen LogP contribution in [0.3, 0.4) is 0 Å². The number of hydrogen-bond acceptors (Lipinski definition) is 10. The van der Waals surface area contributed by atoms with Crippen LogP contribution < -0.4 is 20.7 Å². The quantitative estimate of drug-likeness (QED) is 0.0775. The summed E-state index contributed by atoms with van der Waals surface area (Å²) in [5.74, 6) is -1.35. The third kappa shape index (κ3) is 17.0. The molecule has 0 fully saturated rings. The van der Waals surface area contributed by atoms with E-state index >= 15 is 0 Å². The Labute approximate surface area is 321 Å². The molecule has 0 saturated heterocycles. The number of aromatic nitrogens is 1. The van der Waals surface area contributed by atoms with E-state index in [0.717, 1.165) is 17.3 Å². The molecule has 0 aliphatic rings. The van der Waals surface area contributed by atoms with Crippen molar-refractivity contribution in [2.75, 3.05) is 26.0 Å². The fourth-order valence-electron chi connectivity index (χ4n) is 4.78. The first-order chi connectivity index (χ1) is 25.0. The van der Waals surface area contributed by atoms with Crippen molar-refractivity contribution in [3.05, 3.63) is 77.1 Å². The zero-order valence-electron chi connectivity index (χ0n) is 31.5. The van der Waals surface area contributed by atoms with E-state index in [0.29, 0.717) is 35.1 Å². The van der Waals surface area contributed by atoms with Crippen molar-refractivity contribution < 1.29 is 38.6 Å². The number of methoxy groups -OCH3 is 1. The van der Waals surface area contributed by atoms with Crippen molar-refractivity contribution in [1.29, 1.82) is 0 Å². The second-order valence-corrected chi connectivity index (χ2v) is 15.2. The molecule has 3 amide bonds. The number of hydrogen-bond donors (Lipinski definition) is 4. The number of esters is 1. The van der Waals surface area contributed by atoms with Gasteiger partial charge in [0.2, 0.25) is 22.8 Å². The molecule has 0 bridgehead atoms. The van der Waals surface area contributed by atoms with Gasteiger partial charge in [-0.05, 0) is 74.1 Å². The summed E-state index contributed by atoms with van der Waals surface area (Å²) >= 11 is 7.31. The van der Waals surface area contributed by atoms with E-state index in [9.17, 15) is 29.1 Å². The molecule has 0 spiro atoms. The van der Waals surface area contributed by atoms with Crippen LogP contribution >= 0.6 is 23.4 Å². The van der Waals surface area contributed by atoms with E-state index in [1.165, 1.54) is 20.1 Å². The Morgan fingerprint density at radius 3 is 2.38 bits per heavy atom. The number of amides is 3. The zero-order valence-corrected chi connectivity index (χ0v) is 33.1. The van der Waals surface area contributed by atoms with Crippen LogP contribution in [0.25, 0.3) is 6.08 Å². The van der Waals surface area contributed by atoms with E-state index in [-0.39, 0.29) is 42.2 Å². The molecule has 53 heavy (non-hydrogen) atoms. The number of aliphatic hydroxyl groups is 1. The highest BCUT2D eigenvalue weighted by Gasteiger charge is 2.35. The van der Waals surface area contributed by atoms with E-state index in [1.54, 1.807) is 50.5 Å². The van der Waals surface area contributed by atoms with E-state index in [2.05, 4.69) is 20.9 Å². The first-order valence-corrected chi connectivity index (χ1v) is 18.8. The van der Waals surface area contributed by atoms with Gasteiger partial charge in [0.05, 0.1) is 23.7 Å². The third-order valence-corrected chi connectivity index (χ3v) is 9.27. The van der Waals surface area contributed by atoms with Gasteiger partial charge < -0.3 is 30.5 Å². The number of aliphatic hydroxyl groups excluding tert-OH is 1. The standard InChI is InChI=1S/C39H53ClN4O8S/c1-25(2)21-34(37(49)53-20-19-42-27(4)45)52-38(50)39(5,6)24-43-36(48)31(23-29-13-14-33(51-7)30(40)22-29)44-35(47)10-8-9-32(46)26(3)11-12-28-15-17-41-18-16-28/h8,10-18,22,25-26,31-32,34,46H,9,19-21,23-24H2,1-7H3,(H,42,45)(H,43,48)(H,44,47)/b10-8+,12-11+/t26-,31-,32+,34+/m1/s1. The number of halogens is 1. The minimum Gasteiger partial charge on any atom is -0.495 e. The monoisotopic (exact) mass is 772 g/mol. The number of nitrogens with zero attached hydrogens (tertiary/aromatic N) is 1. The highest BCUT2D eigenvalue weighted by molar-refractivity contribution is 8.13. The lowest BCUT2D eigenvalue weighted by atomic mass is 9.93. The van der Waals surface area contributed by atoms with E-state index in [1.807, 2.05) is 45.1 Å². The molecule has 4 atom stereocenters. The van der Waals surface area contributed by atoms with Crippen LogP contribution in [-0.2, 0) is 35.1 Å². The van der Waals surface area contributed by atoms with Crippen LogP contribution in [-0.4, -0.2) is 83.1 Å². The summed E-state index contributed by atoms with van der Waals surface area (Å²) in [6.07, 6.45) is 8.77. The van der Waals surface area contributed by atoms with Gasteiger partial charge in [-0.15, -0.1) is 0 Å². The van der Waals surface area contributed by atoms with Crippen LogP contribution in [0.15, 0.2) is 61.0 Å². The van der Waals surface area contributed by atoms with Crippen LogP contribution in [0.1, 0.15) is 65.5 Å². The molecule has 1 aromatic heterocycles. The first kappa shape index (κ1) is 45.0. The summed E-state index contributed by atoms with van der Waals surface area (Å²) in [6.45, 7) is 10.4. The van der Waals surface area contributed by atoms with Crippen LogP contribution in [0.2, 0.25) is 5.02 Å². The second kappa shape index (κ2) is 22.8. The van der Waals surface area contributed by atoms with E-state index in [4.69, 9.17) is 21.1 Å². The lowest BCUT2D eigenvalue weighted by Gasteiger charge is -2.27. The Morgan fingerprint density at radius 2 is 1.75 bits per heavy atom. The number of thioether (sulfide) groups is 1. The maximum Gasteiger partial charge on any atom is 0.314 e. The van der Waals surface area contributed by atoms with Gasteiger partial charge in [-0.3, -0.25) is 29.0 Å². The Hall–Kier alpha value is -4.20. The van der Waals surface area contributed by atoms with Gasteiger partial charge in [-0.25, -0.2) is 0 Å². The highest BCUT2D eigenvalue weighted by Crippen LogP contribution is 2.26. The molecule has 12 nitrogen and oxygen atoms in total. The first-order valence-electron chi connectivity index (χ1n) is 17.5. The number of pyridine rings is 1. The normalized spacial score (nSPS) is 14.0. The number of rotatable bonds is 21. The van der Waals surface area contributed by atoms with Crippen molar-refractivity contribution in [2.24, 2.45) is 17.3 Å². The smallest absolute Gasteiger partial charge is 0.314 e. The topological polar surface area (TPSA) is 173 Å². The molecule has 1 aromatic carbocycles.